The molecule has 0 aromatic heterocycles. The van der Waals surface area contributed by atoms with E-state index in [0.717, 1.165) is 0 Å². The summed E-state index contributed by atoms with van der Waals surface area (Å²) in [5, 5.41) is 3.60. The maximum absolute atomic E-state index is 3.60. The van der Waals surface area contributed by atoms with E-state index in [1.807, 2.05) is 0 Å². The summed E-state index contributed by atoms with van der Waals surface area (Å²) in [7, 11) is 0. The van der Waals surface area contributed by atoms with Gasteiger partial charge in [-0.25, -0.2) is 0 Å². The summed E-state index contributed by atoms with van der Waals surface area (Å²) in [5.41, 5.74) is 0.660. The van der Waals surface area contributed by atoms with E-state index < -0.39 is 0 Å². The van der Waals surface area contributed by atoms with Gasteiger partial charge in [-0.1, -0.05) is 33.1 Å². The number of rotatable bonds is 5. The zero-order valence-corrected chi connectivity index (χ0v) is 9.36. The zero-order valence-electron chi connectivity index (χ0n) is 9.36. The molecule has 0 spiro atoms. The Bertz CT molecular complexity index is 125. The van der Waals surface area contributed by atoms with Crippen molar-refractivity contribution < 1.29 is 0 Å². The summed E-state index contributed by atoms with van der Waals surface area (Å²) >= 11 is 0. The predicted molar refractivity (Wildman–Crippen MR) is 59.0 cm³/mol. The first-order valence-electron chi connectivity index (χ1n) is 6.04. The summed E-state index contributed by atoms with van der Waals surface area (Å²) in [6.45, 7) is 7.06. The average molecular weight is 183 g/mol. The fourth-order valence-electron chi connectivity index (χ4n) is 2.49. The Hall–Kier alpha value is -0.0400. The van der Waals surface area contributed by atoms with Crippen LogP contribution in [-0.4, -0.2) is 13.1 Å². The lowest BCUT2D eigenvalue weighted by atomic mass is 9.72. The van der Waals surface area contributed by atoms with Crippen LogP contribution in [0.15, 0.2) is 0 Å². The first-order valence-corrected chi connectivity index (χ1v) is 6.04. The highest BCUT2D eigenvalue weighted by Crippen LogP contribution is 2.38. The molecule has 13 heavy (non-hydrogen) atoms. The largest absolute Gasteiger partial charge is 0.316 e. The Morgan fingerprint density at radius 2 is 1.77 bits per heavy atom. The zero-order chi connectivity index (χ0) is 9.57. The molecule has 1 rings (SSSR count). The lowest BCUT2D eigenvalue weighted by Gasteiger charge is -2.36. The minimum Gasteiger partial charge on any atom is -0.316 e. The second kappa shape index (κ2) is 5.64. The highest BCUT2D eigenvalue weighted by atomic mass is 14.9. The van der Waals surface area contributed by atoms with Gasteiger partial charge in [-0.2, -0.15) is 0 Å². The van der Waals surface area contributed by atoms with Crippen LogP contribution in [0.3, 0.4) is 0 Å². The Labute approximate surface area is 83.3 Å². The van der Waals surface area contributed by atoms with Gasteiger partial charge in [0.25, 0.3) is 0 Å². The maximum Gasteiger partial charge on any atom is 0.000770 e. The van der Waals surface area contributed by atoms with Crippen LogP contribution in [0, 0.1) is 5.41 Å². The first-order chi connectivity index (χ1) is 6.33. The second-order valence-electron chi connectivity index (χ2n) is 4.59. The van der Waals surface area contributed by atoms with Crippen molar-refractivity contribution >= 4 is 0 Å². The minimum atomic E-state index is 0.660. The molecule has 78 valence electrons. The van der Waals surface area contributed by atoms with Crippen LogP contribution in [0.4, 0.5) is 0 Å². The Balaban J connectivity index is 2.29. The summed E-state index contributed by atoms with van der Waals surface area (Å²) in [4.78, 5) is 0. The first kappa shape index (κ1) is 11.0. The summed E-state index contributed by atoms with van der Waals surface area (Å²) in [5.74, 6) is 0. The molecule has 0 aromatic rings. The van der Waals surface area contributed by atoms with Crippen molar-refractivity contribution in [3.05, 3.63) is 0 Å². The molecule has 0 unspecified atom stereocenters. The Kier molecular flexibility index (Phi) is 4.79. The van der Waals surface area contributed by atoms with Crippen LogP contribution >= 0.6 is 0 Å². The minimum absolute atomic E-state index is 0.660. The van der Waals surface area contributed by atoms with Gasteiger partial charge in [0.1, 0.15) is 0 Å². The van der Waals surface area contributed by atoms with Gasteiger partial charge in [-0.3, -0.25) is 0 Å². The third kappa shape index (κ3) is 3.30. The van der Waals surface area contributed by atoms with E-state index in [4.69, 9.17) is 0 Å². The Morgan fingerprint density at radius 1 is 1.08 bits per heavy atom. The lowest BCUT2D eigenvalue weighted by molar-refractivity contribution is 0.175. The highest BCUT2D eigenvalue weighted by molar-refractivity contribution is 4.83. The molecule has 1 fully saturated rings. The SMILES string of the molecule is CCCNCC1(CC)CCCCC1. The molecular formula is C12H25N. The molecule has 0 bridgehead atoms. The van der Waals surface area contributed by atoms with Gasteiger partial charge in [-0.15, -0.1) is 0 Å². The quantitative estimate of drug-likeness (QED) is 0.645. The van der Waals surface area contributed by atoms with Crippen molar-refractivity contribution in [2.24, 2.45) is 5.41 Å². The van der Waals surface area contributed by atoms with Crippen LogP contribution in [0.5, 0.6) is 0 Å². The van der Waals surface area contributed by atoms with E-state index in [2.05, 4.69) is 19.2 Å². The molecule has 1 saturated carbocycles. The predicted octanol–water partition coefficient (Wildman–Crippen LogP) is 3.35. The van der Waals surface area contributed by atoms with E-state index in [9.17, 15) is 0 Å². The van der Waals surface area contributed by atoms with Crippen LogP contribution in [-0.2, 0) is 0 Å². The number of hydrogen-bond acceptors (Lipinski definition) is 1. The van der Waals surface area contributed by atoms with E-state index in [1.165, 1.54) is 58.0 Å². The molecule has 0 aromatic carbocycles. The number of nitrogens with one attached hydrogen (secondary N) is 1. The third-order valence-corrected chi connectivity index (χ3v) is 3.59. The smallest absolute Gasteiger partial charge is 0.000770 e. The van der Waals surface area contributed by atoms with Crippen molar-refractivity contribution in [3.8, 4) is 0 Å². The van der Waals surface area contributed by atoms with Gasteiger partial charge in [0, 0.05) is 6.54 Å². The van der Waals surface area contributed by atoms with Crippen molar-refractivity contribution in [2.75, 3.05) is 13.1 Å². The van der Waals surface area contributed by atoms with Crippen molar-refractivity contribution in [2.45, 2.75) is 58.8 Å². The molecule has 0 saturated heterocycles. The van der Waals surface area contributed by atoms with Crippen LogP contribution in [0.2, 0.25) is 0 Å². The van der Waals surface area contributed by atoms with Gasteiger partial charge in [0.15, 0.2) is 0 Å². The topological polar surface area (TPSA) is 12.0 Å². The van der Waals surface area contributed by atoms with Gasteiger partial charge in [0.05, 0.1) is 0 Å². The molecular weight excluding hydrogens is 158 g/mol. The second-order valence-corrected chi connectivity index (χ2v) is 4.59. The van der Waals surface area contributed by atoms with Gasteiger partial charge < -0.3 is 5.32 Å². The molecule has 1 aliphatic carbocycles. The summed E-state index contributed by atoms with van der Waals surface area (Å²) < 4.78 is 0. The van der Waals surface area contributed by atoms with E-state index in [-0.39, 0.29) is 0 Å². The van der Waals surface area contributed by atoms with Crippen molar-refractivity contribution in [1.82, 2.24) is 5.32 Å². The standard InChI is InChI=1S/C12H25N/c1-3-10-13-11-12(4-2)8-6-5-7-9-12/h13H,3-11H2,1-2H3. The van der Waals surface area contributed by atoms with Crippen molar-refractivity contribution in [3.63, 3.8) is 0 Å². The van der Waals surface area contributed by atoms with E-state index >= 15 is 0 Å². The molecule has 0 amide bonds. The third-order valence-electron chi connectivity index (χ3n) is 3.59. The normalized spacial score (nSPS) is 21.7. The van der Waals surface area contributed by atoms with Crippen LogP contribution in [0.25, 0.3) is 0 Å². The molecule has 1 heteroatoms. The molecule has 1 nitrogen and oxygen atoms in total. The van der Waals surface area contributed by atoms with E-state index in [0.29, 0.717) is 5.41 Å². The monoisotopic (exact) mass is 183 g/mol. The number of hydrogen-bond donors (Lipinski definition) is 1. The van der Waals surface area contributed by atoms with Crippen LogP contribution < -0.4 is 5.32 Å². The maximum atomic E-state index is 3.60. The van der Waals surface area contributed by atoms with Gasteiger partial charge in [0.2, 0.25) is 0 Å². The fourth-order valence-corrected chi connectivity index (χ4v) is 2.49. The Morgan fingerprint density at radius 3 is 2.31 bits per heavy atom. The van der Waals surface area contributed by atoms with Gasteiger partial charge in [-0.05, 0) is 37.6 Å². The van der Waals surface area contributed by atoms with Crippen LogP contribution in [0.1, 0.15) is 58.8 Å². The average Bonchev–Trinajstić information content (AvgIpc) is 2.20. The summed E-state index contributed by atoms with van der Waals surface area (Å²) in [6.07, 6.45) is 9.93. The van der Waals surface area contributed by atoms with E-state index in [1.54, 1.807) is 0 Å². The summed E-state index contributed by atoms with van der Waals surface area (Å²) in [6, 6.07) is 0. The lowest BCUT2D eigenvalue weighted by Crippen LogP contribution is -2.35. The molecule has 0 atom stereocenters. The molecule has 0 aliphatic heterocycles. The van der Waals surface area contributed by atoms with Gasteiger partial charge >= 0.3 is 0 Å². The molecule has 0 heterocycles. The molecule has 1 N–H and O–H groups in total. The highest BCUT2D eigenvalue weighted by Gasteiger charge is 2.29. The van der Waals surface area contributed by atoms with Crippen molar-refractivity contribution in [1.29, 1.82) is 0 Å². The fraction of sp³-hybridized carbons (Fsp3) is 1.00. The molecule has 0 radical (unpaired) electrons. The molecule has 1 aliphatic rings.